The summed E-state index contributed by atoms with van der Waals surface area (Å²) in [4.78, 5) is 3.96. The lowest BCUT2D eigenvalue weighted by molar-refractivity contribution is 0.0266. The molecule has 1 heterocycles. The third-order valence-corrected chi connectivity index (χ3v) is 5.17. The smallest absolute Gasteiger partial charge is 0.393 e. The third kappa shape index (κ3) is 5.93. The van der Waals surface area contributed by atoms with Gasteiger partial charge < -0.3 is 9.29 Å². The van der Waals surface area contributed by atoms with Gasteiger partial charge in [-0.25, -0.2) is 0 Å². The van der Waals surface area contributed by atoms with E-state index in [1.807, 2.05) is 0 Å². The van der Waals surface area contributed by atoms with Crippen LogP contribution in [-0.4, -0.2) is 29.2 Å². The Hall–Kier alpha value is -1.70. The Morgan fingerprint density at radius 1 is 1.19 bits per heavy atom. The quantitative estimate of drug-likeness (QED) is 0.784. The van der Waals surface area contributed by atoms with Gasteiger partial charge in [-0.3, -0.25) is 9.54 Å². The number of nitrogens with zero attached hydrogens (tertiary/aromatic N) is 1. The van der Waals surface area contributed by atoms with Crippen molar-refractivity contribution in [1.82, 2.24) is 4.98 Å². The lowest BCUT2D eigenvalue weighted by Crippen LogP contribution is -2.31. The Labute approximate surface area is 155 Å². The maximum atomic E-state index is 10.5. The summed E-state index contributed by atoms with van der Waals surface area (Å²) in [5.74, 6) is 1.96. The van der Waals surface area contributed by atoms with Crippen LogP contribution in [0.2, 0.25) is 0 Å². The number of rotatable bonds is 3. The van der Waals surface area contributed by atoms with Crippen LogP contribution in [0.5, 0.6) is 5.75 Å². The second-order valence-corrected chi connectivity index (χ2v) is 8.26. The fraction of sp³-hybridized carbons (Fsp3) is 0.526. The van der Waals surface area contributed by atoms with Crippen molar-refractivity contribution in [3.63, 3.8) is 0 Å². The minimum Gasteiger partial charge on any atom is -0.393 e. The van der Waals surface area contributed by atoms with Crippen molar-refractivity contribution < 1.29 is 22.3 Å². The summed E-state index contributed by atoms with van der Waals surface area (Å²) in [6, 6.07) is 8.28. The number of hydrogen-bond donors (Lipinski definition) is 2. The first-order valence-electron chi connectivity index (χ1n) is 8.86. The molecule has 0 saturated heterocycles. The Kier molecular flexibility index (Phi) is 6.97. The number of para-hydroxylation sites is 1. The number of fused-ring (bicyclic) bond motifs is 1. The van der Waals surface area contributed by atoms with Crippen molar-refractivity contribution in [3.8, 4) is 5.75 Å². The summed E-state index contributed by atoms with van der Waals surface area (Å²) in [5.41, 5.74) is 0.387. The highest BCUT2D eigenvalue weighted by molar-refractivity contribution is 7.81. The summed E-state index contributed by atoms with van der Waals surface area (Å²) < 4.78 is 34.0. The predicted molar refractivity (Wildman–Crippen MR) is 101 cm³/mol. The first-order valence-corrected chi connectivity index (χ1v) is 10.2. The SMILES string of the molecule is CC1CCC(C(C)C)C(O)C1.O=S(=O)(O)Oc1cccc2cccnc12. The first kappa shape index (κ1) is 20.6. The largest absolute Gasteiger partial charge is 0.446 e. The number of aromatic nitrogens is 1. The summed E-state index contributed by atoms with van der Waals surface area (Å²) in [6.45, 7) is 6.66. The van der Waals surface area contributed by atoms with Gasteiger partial charge in [-0.15, -0.1) is 0 Å². The van der Waals surface area contributed by atoms with Gasteiger partial charge in [0, 0.05) is 11.6 Å². The van der Waals surface area contributed by atoms with E-state index in [1.54, 1.807) is 24.3 Å². The fourth-order valence-corrected chi connectivity index (χ4v) is 3.77. The molecule has 144 valence electrons. The lowest BCUT2D eigenvalue weighted by atomic mass is 9.75. The number of pyridine rings is 1. The van der Waals surface area contributed by atoms with Gasteiger partial charge in [-0.2, -0.15) is 8.42 Å². The Bertz CT molecular complexity index is 816. The highest BCUT2D eigenvalue weighted by atomic mass is 32.3. The third-order valence-electron chi connectivity index (χ3n) is 4.78. The van der Waals surface area contributed by atoms with Gasteiger partial charge in [0.15, 0.2) is 5.75 Å². The van der Waals surface area contributed by atoms with Gasteiger partial charge in [0.05, 0.1) is 6.10 Å². The van der Waals surface area contributed by atoms with Crippen LogP contribution in [0.15, 0.2) is 36.5 Å². The lowest BCUT2D eigenvalue weighted by Gasteiger charge is -2.33. The molecule has 1 aliphatic rings. The second-order valence-electron chi connectivity index (χ2n) is 7.24. The first-order chi connectivity index (χ1) is 12.2. The van der Waals surface area contributed by atoms with E-state index in [4.69, 9.17) is 4.55 Å². The Balaban J connectivity index is 0.000000197. The maximum absolute atomic E-state index is 10.5. The second kappa shape index (κ2) is 8.79. The molecule has 7 heteroatoms. The average Bonchev–Trinajstić information content (AvgIpc) is 2.54. The molecule has 1 fully saturated rings. The standard InChI is InChI=1S/C10H20O.C9H7NO4S/c1-7(2)9-5-4-8(3)6-10(9)11;11-15(12,13)14-8-5-1-3-7-4-2-6-10-9(7)8/h7-11H,4-6H2,1-3H3;1-6H,(H,11,12,13). The number of aliphatic hydroxyl groups excluding tert-OH is 1. The van der Waals surface area contributed by atoms with Crippen molar-refractivity contribution in [2.24, 2.45) is 17.8 Å². The van der Waals surface area contributed by atoms with Crippen molar-refractivity contribution >= 4 is 21.3 Å². The zero-order valence-electron chi connectivity index (χ0n) is 15.4. The molecule has 0 bridgehead atoms. The van der Waals surface area contributed by atoms with E-state index in [2.05, 4.69) is 29.9 Å². The fourth-order valence-electron chi connectivity index (χ4n) is 3.41. The molecule has 1 aromatic heterocycles. The monoisotopic (exact) mass is 381 g/mol. The highest BCUT2D eigenvalue weighted by Crippen LogP contribution is 2.33. The van der Waals surface area contributed by atoms with E-state index in [-0.39, 0.29) is 11.9 Å². The number of hydrogen-bond acceptors (Lipinski definition) is 5. The number of aliphatic hydroxyl groups is 1. The molecule has 1 aliphatic carbocycles. The Morgan fingerprint density at radius 2 is 1.88 bits per heavy atom. The van der Waals surface area contributed by atoms with Gasteiger partial charge >= 0.3 is 10.4 Å². The minimum absolute atomic E-state index is 0.00981. The van der Waals surface area contributed by atoms with Crippen LogP contribution in [0.1, 0.15) is 40.0 Å². The minimum atomic E-state index is -4.51. The molecule has 26 heavy (non-hydrogen) atoms. The van der Waals surface area contributed by atoms with Gasteiger partial charge in [-0.05, 0) is 42.7 Å². The predicted octanol–water partition coefficient (Wildman–Crippen LogP) is 3.86. The molecule has 6 nitrogen and oxygen atoms in total. The molecule has 3 atom stereocenters. The van der Waals surface area contributed by atoms with Crippen LogP contribution in [-0.2, 0) is 10.4 Å². The summed E-state index contributed by atoms with van der Waals surface area (Å²) in [7, 11) is -4.51. The molecule has 3 rings (SSSR count). The van der Waals surface area contributed by atoms with E-state index in [0.29, 0.717) is 17.4 Å². The molecule has 3 unspecified atom stereocenters. The molecule has 2 aromatic rings. The van der Waals surface area contributed by atoms with E-state index < -0.39 is 10.4 Å². The van der Waals surface area contributed by atoms with Crippen LogP contribution in [0.25, 0.3) is 10.9 Å². The zero-order valence-corrected chi connectivity index (χ0v) is 16.2. The van der Waals surface area contributed by atoms with Crippen LogP contribution in [0.3, 0.4) is 0 Å². The topological polar surface area (TPSA) is 96.7 Å². The number of benzene rings is 1. The van der Waals surface area contributed by atoms with Crippen LogP contribution >= 0.6 is 0 Å². The molecule has 1 aromatic carbocycles. The van der Waals surface area contributed by atoms with Gasteiger partial charge in [-0.1, -0.05) is 45.4 Å². The normalized spacial score (nSPS) is 23.4. The van der Waals surface area contributed by atoms with E-state index in [1.165, 1.54) is 25.1 Å². The van der Waals surface area contributed by atoms with Crippen LogP contribution in [0, 0.1) is 17.8 Å². The maximum Gasteiger partial charge on any atom is 0.446 e. The molecule has 0 amide bonds. The van der Waals surface area contributed by atoms with E-state index >= 15 is 0 Å². The van der Waals surface area contributed by atoms with Gasteiger partial charge in [0.1, 0.15) is 5.52 Å². The summed E-state index contributed by atoms with van der Waals surface area (Å²) in [5, 5.41) is 10.4. The van der Waals surface area contributed by atoms with E-state index in [9.17, 15) is 13.5 Å². The highest BCUT2D eigenvalue weighted by Gasteiger charge is 2.28. The molecule has 0 aliphatic heterocycles. The molecular weight excluding hydrogens is 354 g/mol. The van der Waals surface area contributed by atoms with Crippen LogP contribution in [0.4, 0.5) is 0 Å². The molecule has 0 spiro atoms. The average molecular weight is 381 g/mol. The summed E-state index contributed by atoms with van der Waals surface area (Å²) in [6.07, 6.45) is 5.03. The molecule has 1 saturated carbocycles. The van der Waals surface area contributed by atoms with Gasteiger partial charge in [0.25, 0.3) is 0 Å². The van der Waals surface area contributed by atoms with Crippen LogP contribution < -0.4 is 4.18 Å². The molecule has 0 radical (unpaired) electrons. The summed E-state index contributed by atoms with van der Waals surface area (Å²) >= 11 is 0. The van der Waals surface area contributed by atoms with Crippen molar-refractivity contribution in [3.05, 3.63) is 36.5 Å². The van der Waals surface area contributed by atoms with Crippen molar-refractivity contribution in [2.45, 2.75) is 46.1 Å². The molecular formula is C19H27NO5S. The zero-order chi connectivity index (χ0) is 19.3. The van der Waals surface area contributed by atoms with Crippen molar-refractivity contribution in [1.29, 1.82) is 0 Å². The molecule has 2 N–H and O–H groups in total. The van der Waals surface area contributed by atoms with E-state index in [0.717, 1.165) is 17.7 Å². The van der Waals surface area contributed by atoms with Crippen molar-refractivity contribution in [2.75, 3.05) is 0 Å². The van der Waals surface area contributed by atoms with Gasteiger partial charge in [0.2, 0.25) is 0 Å². The Morgan fingerprint density at radius 3 is 2.50 bits per heavy atom.